The maximum absolute atomic E-state index is 13.0. The van der Waals surface area contributed by atoms with Crippen molar-refractivity contribution < 1.29 is 9.59 Å². The molecule has 6 heteroatoms. The number of thioether (sulfide) groups is 1. The van der Waals surface area contributed by atoms with Crippen molar-refractivity contribution in [3.05, 3.63) is 29.8 Å². The van der Waals surface area contributed by atoms with Crippen LogP contribution in [0.25, 0.3) is 0 Å². The first-order valence-corrected chi connectivity index (χ1v) is 11.0. The van der Waals surface area contributed by atoms with E-state index in [4.69, 9.17) is 0 Å². The van der Waals surface area contributed by atoms with Gasteiger partial charge in [0.05, 0.1) is 11.3 Å². The molecule has 2 amide bonds. The zero-order valence-electron chi connectivity index (χ0n) is 16.5. The summed E-state index contributed by atoms with van der Waals surface area (Å²) in [6, 6.07) is 8.08. The van der Waals surface area contributed by atoms with Crippen LogP contribution in [0.4, 0.5) is 0 Å². The maximum Gasteiger partial charge on any atom is 0.255 e. The molecule has 1 heterocycles. The number of piperazine rings is 1. The van der Waals surface area contributed by atoms with Gasteiger partial charge in [-0.1, -0.05) is 31.4 Å². The Kier molecular flexibility index (Phi) is 7.19. The van der Waals surface area contributed by atoms with Crippen molar-refractivity contribution in [2.75, 3.05) is 46.0 Å². The summed E-state index contributed by atoms with van der Waals surface area (Å²) in [5.74, 6) is 0.632. The third kappa shape index (κ3) is 5.26. The van der Waals surface area contributed by atoms with Crippen LogP contribution in [0.5, 0.6) is 0 Å². The number of hydrogen-bond acceptors (Lipinski definition) is 4. The molecule has 1 saturated carbocycles. The molecule has 1 aromatic rings. The monoisotopic (exact) mass is 389 g/mol. The third-order valence-corrected chi connectivity index (χ3v) is 6.83. The van der Waals surface area contributed by atoms with Crippen molar-refractivity contribution in [2.24, 2.45) is 0 Å². The predicted octanol–water partition coefficient (Wildman–Crippen LogP) is 2.96. The highest BCUT2D eigenvalue weighted by atomic mass is 32.2. The van der Waals surface area contributed by atoms with Crippen molar-refractivity contribution in [1.82, 2.24) is 14.7 Å². The maximum atomic E-state index is 13.0. The van der Waals surface area contributed by atoms with Gasteiger partial charge in [-0.05, 0) is 32.0 Å². The van der Waals surface area contributed by atoms with Crippen molar-refractivity contribution >= 4 is 23.6 Å². The number of carbonyl (C=O) groups is 2. The van der Waals surface area contributed by atoms with Crippen LogP contribution >= 0.6 is 11.8 Å². The van der Waals surface area contributed by atoms with Gasteiger partial charge < -0.3 is 14.7 Å². The second kappa shape index (κ2) is 9.60. The summed E-state index contributed by atoms with van der Waals surface area (Å²) >= 11 is 1.49. The van der Waals surface area contributed by atoms with Gasteiger partial charge in [0.2, 0.25) is 5.91 Å². The lowest BCUT2D eigenvalue weighted by Crippen LogP contribution is -2.47. The first kappa shape index (κ1) is 20.2. The Morgan fingerprint density at radius 1 is 1.07 bits per heavy atom. The third-order valence-electron chi connectivity index (χ3n) is 5.77. The average Bonchev–Trinajstić information content (AvgIpc) is 2.72. The fraction of sp³-hybridized carbons (Fsp3) is 0.619. The minimum absolute atomic E-state index is 0.0827. The Labute approximate surface area is 167 Å². The largest absolute Gasteiger partial charge is 0.342 e. The van der Waals surface area contributed by atoms with Gasteiger partial charge in [0.15, 0.2) is 0 Å². The summed E-state index contributed by atoms with van der Waals surface area (Å²) in [6.45, 7) is 3.34. The summed E-state index contributed by atoms with van der Waals surface area (Å²) in [7, 11) is 4.01. The smallest absolute Gasteiger partial charge is 0.255 e. The van der Waals surface area contributed by atoms with Gasteiger partial charge in [0.1, 0.15) is 0 Å². The molecule has 2 aliphatic rings. The van der Waals surface area contributed by atoms with Crippen LogP contribution in [0.1, 0.15) is 42.5 Å². The van der Waals surface area contributed by atoms with E-state index >= 15 is 0 Å². The summed E-state index contributed by atoms with van der Waals surface area (Å²) in [6.07, 6.45) is 5.96. The van der Waals surface area contributed by atoms with Crippen molar-refractivity contribution in [3.8, 4) is 0 Å². The van der Waals surface area contributed by atoms with Gasteiger partial charge in [0, 0.05) is 44.2 Å². The van der Waals surface area contributed by atoms with E-state index in [2.05, 4.69) is 11.9 Å². The van der Waals surface area contributed by atoms with Crippen LogP contribution in [0.3, 0.4) is 0 Å². The molecule has 1 saturated heterocycles. The first-order chi connectivity index (χ1) is 13.1. The standard InChI is InChI=1S/C21H31N3O2S/c1-22-12-14-24(15-13-22)21(26)18-10-6-7-11-19(18)27-16-20(25)23(2)17-8-4-3-5-9-17/h6-7,10-11,17H,3-5,8-9,12-16H2,1-2H3. The van der Waals surface area contributed by atoms with Crippen LogP contribution in [0.2, 0.25) is 0 Å². The molecule has 1 aromatic carbocycles. The predicted molar refractivity (Wildman–Crippen MR) is 110 cm³/mol. The second-order valence-corrected chi connectivity index (χ2v) is 8.69. The molecule has 5 nitrogen and oxygen atoms in total. The molecule has 0 N–H and O–H groups in total. The van der Waals surface area contributed by atoms with Gasteiger partial charge in [-0.15, -0.1) is 11.8 Å². The fourth-order valence-electron chi connectivity index (χ4n) is 3.86. The molecule has 2 fully saturated rings. The van der Waals surface area contributed by atoms with E-state index in [0.717, 1.165) is 49.5 Å². The van der Waals surface area contributed by atoms with Crippen LogP contribution < -0.4 is 0 Å². The lowest BCUT2D eigenvalue weighted by molar-refractivity contribution is -0.129. The Bertz CT molecular complexity index is 653. The molecule has 0 unspecified atom stereocenters. The van der Waals surface area contributed by atoms with Crippen LogP contribution in [-0.4, -0.2) is 78.6 Å². The Hall–Kier alpha value is -1.53. The van der Waals surface area contributed by atoms with Crippen molar-refractivity contribution in [2.45, 2.75) is 43.0 Å². The first-order valence-electron chi connectivity index (χ1n) is 10.0. The van der Waals surface area contributed by atoms with E-state index in [1.54, 1.807) is 0 Å². The summed E-state index contributed by atoms with van der Waals surface area (Å²) in [5, 5.41) is 0. The number of benzene rings is 1. The van der Waals surface area contributed by atoms with Gasteiger partial charge in [-0.2, -0.15) is 0 Å². The molecule has 0 bridgehead atoms. The summed E-state index contributed by atoms with van der Waals surface area (Å²) < 4.78 is 0. The molecule has 0 atom stereocenters. The number of likely N-dealkylation sites (N-methyl/N-ethyl adjacent to an activating group) is 1. The number of carbonyl (C=O) groups excluding carboxylic acids is 2. The van der Waals surface area contributed by atoms with Crippen LogP contribution in [0, 0.1) is 0 Å². The SMILES string of the molecule is CN1CCN(C(=O)c2ccccc2SCC(=O)N(C)C2CCCCC2)CC1. The molecule has 0 aromatic heterocycles. The molecular weight excluding hydrogens is 358 g/mol. The summed E-state index contributed by atoms with van der Waals surface area (Å²) in [4.78, 5) is 32.6. The number of hydrogen-bond donors (Lipinski definition) is 0. The van der Waals surface area contributed by atoms with Gasteiger partial charge in [-0.3, -0.25) is 9.59 Å². The van der Waals surface area contributed by atoms with Crippen molar-refractivity contribution in [1.29, 1.82) is 0 Å². The molecule has 1 aliphatic heterocycles. The molecule has 0 radical (unpaired) electrons. The minimum Gasteiger partial charge on any atom is -0.342 e. The van der Waals surface area contributed by atoms with E-state index in [1.165, 1.54) is 31.0 Å². The quantitative estimate of drug-likeness (QED) is 0.727. The van der Waals surface area contributed by atoms with Gasteiger partial charge in [0.25, 0.3) is 5.91 Å². The van der Waals surface area contributed by atoms with E-state index in [0.29, 0.717) is 11.8 Å². The summed E-state index contributed by atoms with van der Waals surface area (Å²) in [5.41, 5.74) is 0.722. The topological polar surface area (TPSA) is 43.9 Å². The highest BCUT2D eigenvalue weighted by molar-refractivity contribution is 8.00. The van der Waals surface area contributed by atoms with Crippen molar-refractivity contribution in [3.63, 3.8) is 0 Å². The normalized spacial score (nSPS) is 19.1. The molecule has 148 valence electrons. The molecule has 0 spiro atoms. The highest BCUT2D eigenvalue weighted by Crippen LogP contribution is 2.26. The van der Waals surface area contributed by atoms with Gasteiger partial charge >= 0.3 is 0 Å². The zero-order valence-corrected chi connectivity index (χ0v) is 17.3. The minimum atomic E-state index is 0.0827. The molecule has 1 aliphatic carbocycles. The highest BCUT2D eigenvalue weighted by Gasteiger charge is 2.24. The molecular formula is C21H31N3O2S. The Morgan fingerprint density at radius 3 is 2.44 bits per heavy atom. The fourth-order valence-corrected chi connectivity index (χ4v) is 4.83. The van der Waals surface area contributed by atoms with E-state index in [1.807, 2.05) is 41.1 Å². The van der Waals surface area contributed by atoms with Crippen LogP contribution in [-0.2, 0) is 4.79 Å². The second-order valence-electron chi connectivity index (χ2n) is 7.68. The van der Waals surface area contributed by atoms with Gasteiger partial charge in [-0.25, -0.2) is 0 Å². The zero-order chi connectivity index (χ0) is 19.2. The molecule has 27 heavy (non-hydrogen) atoms. The van der Waals surface area contributed by atoms with E-state index < -0.39 is 0 Å². The Morgan fingerprint density at radius 2 is 1.74 bits per heavy atom. The Balaban J connectivity index is 1.60. The lowest BCUT2D eigenvalue weighted by atomic mass is 9.94. The lowest BCUT2D eigenvalue weighted by Gasteiger charge is -2.33. The number of nitrogens with zero attached hydrogens (tertiary/aromatic N) is 3. The van der Waals surface area contributed by atoms with E-state index in [9.17, 15) is 9.59 Å². The average molecular weight is 390 g/mol. The van der Waals surface area contributed by atoms with Crippen LogP contribution in [0.15, 0.2) is 29.2 Å². The number of amides is 2. The molecule has 3 rings (SSSR count). The number of rotatable bonds is 5. The van der Waals surface area contributed by atoms with E-state index in [-0.39, 0.29) is 11.8 Å².